The number of ether oxygens (including phenoxy) is 2. The van der Waals surface area contributed by atoms with Gasteiger partial charge in [-0.15, -0.1) is 0 Å². The number of amides is 1. The number of carbonyl (C=O) groups excluding carboxylic acids is 1. The number of carbonyl (C=O) groups is 1. The van der Waals surface area contributed by atoms with E-state index in [2.05, 4.69) is 5.32 Å². The van der Waals surface area contributed by atoms with Crippen molar-refractivity contribution in [2.45, 2.75) is 25.7 Å². The molecule has 18 heavy (non-hydrogen) atoms. The van der Waals surface area contributed by atoms with Gasteiger partial charge in [0.15, 0.2) is 6.29 Å². The molecule has 5 heteroatoms. The Balaban J connectivity index is 1.93. The average Bonchev–Trinajstić information content (AvgIpc) is 2.82. The lowest BCUT2D eigenvalue weighted by Crippen LogP contribution is -2.23. The zero-order valence-corrected chi connectivity index (χ0v) is 10.4. The fourth-order valence-corrected chi connectivity index (χ4v) is 1.78. The normalized spacial score (nSPS) is 17.7. The molecule has 0 saturated carbocycles. The molecule has 1 amide bonds. The lowest BCUT2D eigenvalue weighted by molar-refractivity contribution is -0.116. The second-order valence-corrected chi connectivity index (χ2v) is 4.43. The van der Waals surface area contributed by atoms with Crippen LogP contribution in [0.2, 0.25) is 0 Å². The summed E-state index contributed by atoms with van der Waals surface area (Å²) in [6.45, 7) is 3.05. The molecule has 98 valence electrons. The highest BCUT2D eigenvalue weighted by Gasteiger charge is 2.17. The summed E-state index contributed by atoms with van der Waals surface area (Å²) in [4.78, 5) is 11.5. The Kier molecular flexibility index (Phi) is 4.30. The maximum absolute atomic E-state index is 11.5. The predicted molar refractivity (Wildman–Crippen MR) is 68.0 cm³/mol. The summed E-state index contributed by atoms with van der Waals surface area (Å²) < 4.78 is 10.8. The predicted octanol–water partition coefficient (Wildman–Crippen LogP) is 1.41. The number of rotatable bonds is 4. The third-order valence-corrected chi connectivity index (χ3v) is 2.60. The molecule has 2 rings (SSSR count). The minimum absolute atomic E-state index is 0.0777. The van der Waals surface area contributed by atoms with Gasteiger partial charge in [0.05, 0.1) is 13.2 Å². The summed E-state index contributed by atoms with van der Waals surface area (Å²) in [6.07, 6.45) is 0.0372. The van der Waals surface area contributed by atoms with E-state index in [1.165, 1.54) is 0 Å². The van der Waals surface area contributed by atoms with Crippen molar-refractivity contribution >= 4 is 11.6 Å². The Morgan fingerprint density at radius 3 is 2.56 bits per heavy atom. The first-order valence-corrected chi connectivity index (χ1v) is 6.04. The number of hydrogen-bond acceptors (Lipinski definition) is 4. The van der Waals surface area contributed by atoms with Crippen LogP contribution in [0.3, 0.4) is 0 Å². The van der Waals surface area contributed by atoms with Gasteiger partial charge in [0.1, 0.15) is 0 Å². The molecule has 1 aromatic carbocycles. The maximum Gasteiger partial charge on any atom is 0.225 e. The van der Waals surface area contributed by atoms with Gasteiger partial charge in [-0.2, -0.15) is 0 Å². The highest BCUT2D eigenvalue weighted by atomic mass is 16.7. The molecule has 1 aliphatic heterocycles. The molecule has 0 aliphatic carbocycles. The number of anilines is 1. The van der Waals surface area contributed by atoms with E-state index >= 15 is 0 Å². The van der Waals surface area contributed by atoms with Gasteiger partial charge in [-0.25, -0.2) is 0 Å². The Morgan fingerprint density at radius 1 is 1.39 bits per heavy atom. The van der Waals surface area contributed by atoms with Crippen LogP contribution in [-0.4, -0.2) is 25.2 Å². The topological polar surface area (TPSA) is 73.6 Å². The zero-order valence-electron chi connectivity index (χ0n) is 10.4. The van der Waals surface area contributed by atoms with Gasteiger partial charge in [-0.05, 0) is 19.1 Å². The van der Waals surface area contributed by atoms with E-state index in [9.17, 15) is 4.79 Å². The molecule has 0 aromatic heterocycles. The van der Waals surface area contributed by atoms with E-state index in [0.29, 0.717) is 19.6 Å². The van der Waals surface area contributed by atoms with Crippen LogP contribution < -0.4 is 11.1 Å². The second-order valence-electron chi connectivity index (χ2n) is 4.43. The molecule has 0 spiro atoms. The Hall–Kier alpha value is -1.43. The summed E-state index contributed by atoms with van der Waals surface area (Å²) >= 11 is 0. The van der Waals surface area contributed by atoms with Crippen LogP contribution in [0.25, 0.3) is 0 Å². The second kappa shape index (κ2) is 5.95. The minimum atomic E-state index is -0.279. The van der Waals surface area contributed by atoms with E-state index in [1.807, 2.05) is 24.3 Å². The van der Waals surface area contributed by atoms with Crippen molar-refractivity contribution in [3.63, 3.8) is 0 Å². The molecular weight excluding hydrogens is 232 g/mol. The molecule has 1 saturated heterocycles. The monoisotopic (exact) mass is 250 g/mol. The van der Waals surface area contributed by atoms with Crippen molar-refractivity contribution < 1.29 is 14.3 Å². The number of nitrogens with two attached hydrogens (primary N) is 1. The molecule has 5 nitrogen and oxygen atoms in total. The van der Waals surface area contributed by atoms with Crippen LogP contribution in [0.1, 0.15) is 25.2 Å². The molecule has 1 atom stereocenters. The van der Waals surface area contributed by atoms with Crippen molar-refractivity contribution in [2.24, 2.45) is 5.73 Å². The van der Waals surface area contributed by atoms with Crippen LogP contribution in [-0.2, 0) is 14.3 Å². The number of nitrogens with one attached hydrogen (secondary N) is 1. The first kappa shape index (κ1) is 13.0. The minimum Gasteiger partial charge on any atom is -0.346 e. The maximum atomic E-state index is 11.5. The lowest BCUT2D eigenvalue weighted by atomic mass is 10.2. The van der Waals surface area contributed by atoms with Crippen molar-refractivity contribution in [1.82, 2.24) is 0 Å². The molecule has 1 aromatic rings. The Labute approximate surface area is 106 Å². The molecule has 0 radical (unpaired) electrons. The van der Waals surface area contributed by atoms with Crippen molar-refractivity contribution in [3.05, 3.63) is 29.8 Å². The summed E-state index contributed by atoms with van der Waals surface area (Å²) in [5.74, 6) is -0.0777. The van der Waals surface area contributed by atoms with Gasteiger partial charge in [-0.3, -0.25) is 4.79 Å². The number of benzene rings is 1. The van der Waals surface area contributed by atoms with E-state index < -0.39 is 0 Å². The summed E-state index contributed by atoms with van der Waals surface area (Å²) in [6, 6.07) is 7.30. The molecule has 1 unspecified atom stereocenters. The summed E-state index contributed by atoms with van der Waals surface area (Å²) in [7, 11) is 0. The van der Waals surface area contributed by atoms with Gasteiger partial charge >= 0.3 is 0 Å². The summed E-state index contributed by atoms with van der Waals surface area (Å²) in [5.41, 5.74) is 7.27. The van der Waals surface area contributed by atoms with Crippen LogP contribution in [0, 0.1) is 0 Å². The lowest BCUT2D eigenvalue weighted by Gasteiger charge is -2.11. The Morgan fingerprint density at radius 2 is 2.00 bits per heavy atom. The fraction of sp³-hybridized carbons (Fsp3) is 0.462. The van der Waals surface area contributed by atoms with Crippen molar-refractivity contribution in [1.29, 1.82) is 0 Å². The smallest absolute Gasteiger partial charge is 0.225 e. The van der Waals surface area contributed by atoms with E-state index in [4.69, 9.17) is 15.2 Å². The quantitative estimate of drug-likeness (QED) is 0.847. The molecular formula is C13H18N2O3. The summed E-state index contributed by atoms with van der Waals surface area (Å²) in [5, 5.41) is 2.79. The molecule has 1 fully saturated rings. The highest BCUT2D eigenvalue weighted by molar-refractivity contribution is 5.91. The van der Waals surface area contributed by atoms with Gasteiger partial charge in [-0.1, -0.05) is 12.1 Å². The SMILES string of the molecule is CC(N)CC(=O)Nc1ccc(C2OCCO2)cc1. The zero-order chi connectivity index (χ0) is 13.0. The average molecular weight is 250 g/mol. The third-order valence-electron chi connectivity index (χ3n) is 2.60. The largest absolute Gasteiger partial charge is 0.346 e. The standard InChI is InChI=1S/C13H18N2O3/c1-9(14)8-12(16)15-11-4-2-10(3-5-11)13-17-6-7-18-13/h2-5,9,13H,6-8,14H2,1H3,(H,15,16). The van der Waals surface area contributed by atoms with Crippen LogP contribution in [0.4, 0.5) is 5.69 Å². The third kappa shape index (κ3) is 3.53. The van der Waals surface area contributed by atoms with Gasteiger partial charge in [0, 0.05) is 23.7 Å². The van der Waals surface area contributed by atoms with Crippen LogP contribution in [0.15, 0.2) is 24.3 Å². The molecule has 1 aliphatic rings. The molecule has 3 N–H and O–H groups in total. The van der Waals surface area contributed by atoms with E-state index in [-0.39, 0.29) is 18.2 Å². The van der Waals surface area contributed by atoms with E-state index in [1.54, 1.807) is 6.92 Å². The molecule has 1 heterocycles. The highest BCUT2D eigenvalue weighted by Crippen LogP contribution is 2.24. The first-order valence-electron chi connectivity index (χ1n) is 6.04. The van der Waals surface area contributed by atoms with Gasteiger partial charge in [0.2, 0.25) is 5.91 Å². The van der Waals surface area contributed by atoms with Gasteiger partial charge in [0.25, 0.3) is 0 Å². The number of hydrogen-bond donors (Lipinski definition) is 2. The Bertz CT molecular complexity index is 397. The fourth-order valence-electron chi connectivity index (χ4n) is 1.78. The van der Waals surface area contributed by atoms with E-state index in [0.717, 1.165) is 11.3 Å². The molecule has 0 bridgehead atoms. The van der Waals surface area contributed by atoms with Crippen LogP contribution >= 0.6 is 0 Å². The van der Waals surface area contributed by atoms with Gasteiger partial charge < -0.3 is 20.5 Å². The first-order chi connectivity index (χ1) is 8.65. The van der Waals surface area contributed by atoms with Crippen molar-refractivity contribution in [2.75, 3.05) is 18.5 Å². The van der Waals surface area contributed by atoms with Crippen LogP contribution in [0.5, 0.6) is 0 Å². The van der Waals surface area contributed by atoms with Crippen molar-refractivity contribution in [3.8, 4) is 0 Å².